The molecule has 0 aliphatic carbocycles. The maximum absolute atomic E-state index is 13.3. The van der Waals surface area contributed by atoms with Crippen molar-refractivity contribution in [2.75, 3.05) is 7.11 Å². The van der Waals surface area contributed by atoms with E-state index in [4.69, 9.17) is 9.15 Å². The molecule has 0 bridgehead atoms. The number of para-hydroxylation sites is 1. The standard InChI is InChI=1S/C23H22N2O3S2/c1-16-19(24-23(28-16)21-10-6-12-30-21)13-22(26)25(15-18-8-5-11-29-18)14-17-7-3-4-9-20(17)27-2/h3-12H,13-15H2,1-2H3. The van der Waals surface area contributed by atoms with E-state index in [9.17, 15) is 4.79 Å². The van der Waals surface area contributed by atoms with Gasteiger partial charge in [-0.15, -0.1) is 22.7 Å². The van der Waals surface area contributed by atoms with E-state index in [0.717, 1.165) is 21.1 Å². The Bertz CT molecular complexity index is 1100. The molecule has 1 aromatic carbocycles. The summed E-state index contributed by atoms with van der Waals surface area (Å²) in [6.45, 7) is 2.87. The fraction of sp³-hybridized carbons (Fsp3) is 0.217. The Hall–Kier alpha value is -2.90. The highest BCUT2D eigenvalue weighted by molar-refractivity contribution is 7.13. The maximum atomic E-state index is 13.3. The van der Waals surface area contributed by atoms with Crippen LogP contribution < -0.4 is 4.74 Å². The van der Waals surface area contributed by atoms with Gasteiger partial charge in [0.1, 0.15) is 11.5 Å². The van der Waals surface area contributed by atoms with E-state index >= 15 is 0 Å². The second-order valence-electron chi connectivity index (χ2n) is 6.82. The second kappa shape index (κ2) is 9.28. The number of hydrogen-bond donors (Lipinski definition) is 0. The van der Waals surface area contributed by atoms with Crippen LogP contribution in [0.5, 0.6) is 5.75 Å². The number of oxazole rings is 1. The van der Waals surface area contributed by atoms with Crippen molar-refractivity contribution >= 4 is 28.6 Å². The van der Waals surface area contributed by atoms with Crippen LogP contribution in [0.25, 0.3) is 10.8 Å². The van der Waals surface area contributed by atoms with E-state index < -0.39 is 0 Å². The smallest absolute Gasteiger partial charge is 0.236 e. The molecule has 5 nitrogen and oxygen atoms in total. The van der Waals surface area contributed by atoms with Crippen LogP contribution in [0.4, 0.5) is 0 Å². The van der Waals surface area contributed by atoms with Crippen molar-refractivity contribution in [3.8, 4) is 16.5 Å². The summed E-state index contributed by atoms with van der Waals surface area (Å²) < 4.78 is 11.3. The van der Waals surface area contributed by atoms with Gasteiger partial charge in [0, 0.05) is 17.0 Å². The van der Waals surface area contributed by atoms with Gasteiger partial charge in [-0.1, -0.05) is 30.3 Å². The van der Waals surface area contributed by atoms with Crippen LogP contribution in [0.3, 0.4) is 0 Å². The molecular weight excluding hydrogens is 416 g/mol. The van der Waals surface area contributed by atoms with E-state index in [1.807, 2.05) is 71.1 Å². The van der Waals surface area contributed by atoms with Crippen LogP contribution in [0.1, 0.15) is 21.9 Å². The first kappa shape index (κ1) is 20.4. The number of carbonyl (C=O) groups is 1. The third-order valence-electron chi connectivity index (χ3n) is 4.78. The number of carbonyl (C=O) groups excluding carboxylic acids is 1. The summed E-state index contributed by atoms with van der Waals surface area (Å²) in [4.78, 5) is 21.8. The Balaban J connectivity index is 1.56. The van der Waals surface area contributed by atoms with Crippen molar-refractivity contribution in [1.29, 1.82) is 0 Å². The van der Waals surface area contributed by atoms with Crippen molar-refractivity contribution in [1.82, 2.24) is 9.88 Å². The third-order valence-corrected chi connectivity index (χ3v) is 6.50. The Morgan fingerprint density at radius 3 is 2.60 bits per heavy atom. The summed E-state index contributed by atoms with van der Waals surface area (Å²) in [5.74, 6) is 2.03. The van der Waals surface area contributed by atoms with Gasteiger partial charge in [0.15, 0.2) is 0 Å². The lowest BCUT2D eigenvalue weighted by Crippen LogP contribution is -2.31. The van der Waals surface area contributed by atoms with Gasteiger partial charge in [0.25, 0.3) is 0 Å². The van der Waals surface area contributed by atoms with E-state index in [2.05, 4.69) is 4.98 Å². The number of nitrogens with zero attached hydrogens (tertiary/aromatic N) is 2. The maximum Gasteiger partial charge on any atom is 0.236 e. The SMILES string of the molecule is COc1ccccc1CN(Cc1cccs1)C(=O)Cc1nc(-c2cccs2)oc1C. The molecule has 3 heterocycles. The van der Waals surface area contributed by atoms with E-state index in [1.165, 1.54) is 0 Å². The van der Waals surface area contributed by atoms with Crippen LogP contribution in [0.15, 0.2) is 63.7 Å². The number of rotatable bonds is 8. The Labute approximate surface area is 183 Å². The predicted octanol–water partition coefficient (Wildman–Crippen LogP) is 5.55. The molecule has 154 valence electrons. The molecule has 0 spiro atoms. The van der Waals surface area contributed by atoms with Gasteiger partial charge >= 0.3 is 0 Å². The highest BCUT2D eigenvalue weighted by atomic mass is 32.1. The van der Waals surface area contributed by atoms with Gasteiger partial charge in [-0.05, 0) is 35.9 Å². The predicted molar refractivity (Wildman–Crippen MR) is 120 cm³/mol. The molecule has 0 radical (unpaired) electrons. The number of hydrogen-bond acceptors (Lipinski definition) is 6. The molecule has 4 rings (SSSR count). The normalized spacial score (nSPS) is 10.9. The van der Waals surface area contributed by atoms with Crippen molar-refractivity contribution in [2.45, 2.75) is 26.4 Å². The van der Waals surface area contributed by atoms with Crippen LogP contribution in [-0.2, 0) is 24.3 Å². The minimum absolute atomic E-state index is 0.00318. The van der Waals surface area contributed by atoms with Gasteiger partial charge < -0.3 is 14.1 Å². The first-order valence-corrected chi connectivity index (χ1v) is 11.3. The number of thiophene rings is 2. The first-order chi connectivity index (χ1) is 14.6. The monoisotopic (exact) mass is 438 g/mol. The summed E-state index contributed by atoms with van der Waals surface area (Å²) >= 11 is 3.21. The lowest BCUT2D eigenvalue weighted by Gasteiger charge is -2.23. The molecule has 0 atom stereocenters. The molecule has 0 saturated carbocycles. The summed E-state index contributed by atoms with van der Waals surface area (Å²) in [5, 5.41) is 4.01. The molecule has 0 N–H and O–H groups in total. The Morgan fingerprint density at radius 1 is 1.07 bits per heavy atom. The van der Waals surface area contributed by atoms with Crippen LogP contribution >= 0.6 is 22.7 Å². The van der Waals surface area contributed by atoms with Crippen LogP contribution in [0, 0.1) is 6.92 Å². The third kappa shape index (κ3) is 4.63. The van der Waals surface area contributed by atoms with Crippen molar-refractivity contribution < 1.29 is 13.9 Å². The van der Waals surface area contributed by atoms with E-state index in [0.29, 0.717) is 30.4 Å². The molecule has 3 aromatic heterocycles. The molecular formula is C23H22N2O3S2. The number of benzene rings is 1. The highest BCUT2D eigenvalue weighted by Crippen LogP contribution is 2.27. The van der Waals surface area contributed by atoms with Crippen molar-refractivity contribution in [2.24, 2.45) is 0 Å². The molecule has 4 aromatic rings. The van der Waals surface area contributed by atoms with Gasteiger partial charge in [-0.3, -0.25) is 4.79 Å². The first-order valence-electron chi connectivity index (χ1n) is 9.56. The summed E-state index contributed by atoms with van der Waals surface area (Å²) in [7, 11) is 1.65. The van der Waals surface area contributed by atoms with Crippen molar-refractivity contribution in [3.05, 3.63) is 81.2 Å². The van der Waals surface area contributed by atoms with Gasteiger partial charge in [-0.2, -0.15) is 0 Å². The van der Waals surface area contributed by atoms with Gasteiger partial charge in [0.05, 0.1) is 30.6 Å². The largest absolute Gasteiger partial charge is 0.496 e. The molecule has 30 heavy (non-hydrogen) atoms. The van der Waals surface area contributed by atoms with Crippen LogP contribution in [-0.4, -0.2) is 22.9 Å². The highest BCUT2D eigenvalue weighted by Gasteiger charge is 2.21. The quantitative estimate of drug-likeness (QED) is 0.362. The summed E-state index contributed by atoms with van der Waals surface area (Å²) in [5.41, 5.74) is 1.65. The fourth-order valence-electron chi connectivity index (χ4n) is 3.21. The molecule has 0 aliphatic heterocycles. The summed E-state index contributed by atoms with van der Waals surface area (Å²) in [6, 6.07) is 15.8. The minimum atomic E-state index is 0.00318. The van der Waals surface area contributed by atoms with Crippen LogP contribution in [0.2, 0.25) is 0 Å². The number of amides is 1. The topological polar surface area (TPSA) is 55.6 Å². The molecule has 0 saturated heterocycles. The molecule has 0 unspecified atom stereocenters. The number of methoxy groups -OCH3 is 1. The van der Waals surface area contributed by atoms with Crippen molar-refractivity contribution in [3.63, 3.8) is 0 Å². The fourth-order valence-corrected chi connectivity index (χ4v) is 4.58. The van der Waals surface area contributed by atoms with E-state index in [-0.39, 0.29) is 12.3 Å². The zero-order valence-electron chi connectivity index (χ0n) is 16.8. The average Bonchev–Trinajstić information content (AvgIpc) is 3.51. The number of ether oxygens (including phenoxy) is 1. The summed E-state index contributed by atoms with van der Waals surface area (Å²) in [6.07, 6.45) is 0.196. The van der Waals surface area contributed by atoms with E-state index in [1.54, 1.807) is 29.8 Å². The molecule has 7 heteroatoms. The van der Waals surface area contributed by atoms with Gasteiger partial charge in [-0.25, -0.2) is 4.98 Å². The molecule has 1 amide bonds. The average molecular weight is 439 g/mol. The lowest BCUT2D eigenvalue weighted by molar-refractivity contribution is -0.131. The number of aromatic nitrogens is 1. The Kier molecular flexibility index (Phi) is 6.30. The zero-order valence-corrected chi connectivity index (χ0v) is 18.5. The second-order valence-corrected chi connectivity index (χ2v) is 8.80. The molecule has 0 aliphatic rings. The number of aryl methyl sites for hydroxylation is 1. The minimum Gasteiger partial charge on any atom is -0.496 e. The Morgan fingerprint density at radius 2 is 1.87 bits per heavy atom. The zero-order chi connectivity index (χ0) is 20.9. The lowest BCUT2D eigenvalue weighted by atomic mass is 10.1. The molecule has 0 fully saturated rings. The van der Waals surface area contributed by atoms with Gasteiger partial charge in [0.2, 0.25) is 11.8 Å².